The van der Waals surface area contributed by atoms with Gasteiger partial charge in [-0.15, -0.1) is 0 Å². The van der Waals surface area contributed by atoms with Gasteiger partial charge in [-0.25, -0.2) is 0 Å². The van der Waals surface area contributed by atoms with Crippen molar-refractivity contribution in [2.24, 2.45) is 5.73 Å². The number of aliphatic hydroxyl groups is 7. The molecule has 2 saturated heterocycles. The molecule has 2 fully saturated rings. The molecule has 2 aliphatic rings. The largest absolute Gasteiger partial charge is 0.480 e. The number of amides is 2. The molecular formula is C22H37N3O16S. The van der Waals surface area contributed by atoms with E-state index in [9.17, 15) is 54.9 Å². The Balaban J connectivity index is 1.91. The first-order valence-electron chi connectivity index (χ1n) is 12.7. The fourth-order valence-electron chi connectivity index (χ4n) is 3.98. The van der Waals surface area contributed by atoms with Crippen molar-refractivity contribution in [3.63, 3.8) is 0 Å². The first kappa shape index (κ1) is 36.0. The van der Waals surface area contributed by atoms with E-state index < -0.39 is 117 Å². The van der Waals surface area contributed by atoms with E-state index >= 15 is 0 Å². The predicted octanol–water partition coefficient (Wildman–Crippen LogP) is -7.12. The van der Waals surface area contributed by atoms with Crippen LogP contribution in [0.2, 0.25) is 0 Å². The van der Waals surface area contributed by atoms with E-state index in [0.717, 1.165) is 0 Å². The lowest BCUT2D eigenvalue weighted by Gasteiger charge is -2.45. The van der Waals surface area contributed by atoms with Crippen molar-refractivity contribution >= 4 is 36.4 Å². The van der Waals surface area contributed by atoms with Crippen LogP contribution in [0.4, 0.5) is 0 Å². The Labute approximate surface area is 243 Å². The van der Waals surface area contributed by atoms with E-state index in [1.807, 2.05) is 0 Å². The van der Waals surface area contributed by atoms with E-state index in [2.05, 4.69) is 23.3 Å². The van der Waals surface area contributed by atoms with Crippen LogP contribution in [-0.4, -0.2) is 164 Å². The Morgan fingerprint density at radius 2 is 1.48 bits per heavy atom. The molecule has 42 heavy (non-hydrogen) atoms. The van der Waals surface area contributed by atoms with E-state index in [1.165, 1.54) is 0 Å². The highest BCUT2D eigenvalue weighted by Gasteiger charge is 2.51. The van der Waals surface area contributed by atoms with Crippen molar-refractivity contribution in [3.05, 3.63) is 0 Å². The van der Waals surface area contributed by atoms with Crippen LogP contribution in [0, 0.1) is 0 Å². The van der Waals surface area contributed by atoms with Crippen molar-refractivity contribution in [2.45, 2.75) is 86.3 Å². The fourth-order valence-corrected chi connectivity index (χ4v) is 4.23. The standard InChI is InChI=1S/C22H37N3O16S/c23-7(20(36)37)1-2-11(28)25-8(6-42)19(35)24-3-12(29)40-21-17(34)15(32)18(10(5-27)39-21)41-22-16(33)14(31)13(30)9(4-26)38-22/h7-10,13-18,21-22,26-27,30-34,42H,1-6,23H2,(H,24,35)(H,25,28)(H,36,37)/t7-,8-,9+,10+,13-,14-,15+,16+,17+,18+,21-,22-/m0/s1. The van der Waals surface area contributed by atoms with Gasteiger partial charge in [0.05, 0.1) is 13.2 Å². The average molecular weight is 632 g/mol. The molecule has 2 amide bonds. The first-order chi connectivity index (χ1) is 19.7. The van der Waals surface area contributed by atoms with Crippen molar-refractivity contribution in [2.75, 3.05) is 25.5 Å². The zero-order valence-electron chi connectivity index (χ0n) is 22.0. The van der Waals surface area contributed by atoms with E-state index in [-0.39, 0.29) is 18.6 Å². The lowest BCUT2D eigenvalue weighted by molar-refractivity contribution is -0.355. The highest BCUT2D eigenvalue weighted by Crippen LogP contribution is 2.29. The van der Waals surface area contributed by atoms with Crippen molar-refractivity contribution < 1.29 is 79.0 Å². The monoisotopic (exact) mass is 631 g/mol. The normalized spacial score (nSPS) is 34.6. The third-order valence-corrected chi connectivity index (χ3v) is 6.81. The highest BCUT2D eigenvalue weighted by molar-refractivity contribution is 7.80. The molecule has 0 aromatic rings. The number of hydrogen-bond acceptors (Lipinski definition) is 17. The molecule has 242 valence electrons. The molecule has 0 aromatic carbocycles. The molecule has 2 aliphatic heterocycles. The molecule has 2 rings (SSSR count). The molecule has 12 N–H and O–H groups in total. The Hall–Kier alpha value is -2.21. The number of nitrogens with two attached hydrogens (primary N) is 1. The molecule has 0 saturated carbocycles. The number of carboxylic acids is 1. The third-order valence-electron chi connectivity index (χ3n) is 6.45. The number of thiol groups is 1. The molecule has 0 unspecified atom stereocenters. The minimum atomic E-state index is -1.98. The maximum absolute atomic E-state index is 12.4. The molecule has 2 heterocycles. The zero-order valence-corrected chi connectivity index (χ0v) is 22.9. The van der Waals surface area contributed by atoms with Crippen LogP contribution < -0.4 is 16.4 Å². The van der Waals surface area contributed by atoms with Gasteiger partial charge in [-0.3, -0.25) is 19.2 Å². The zero-order chi connectivity index (χ0) is 31.7. The van der Waals surface area contributed by atoms with E-state index in [1.54, 1.807) is 0 Å². The van der Waals surface area contributed by atoms with Gasteiger partial charge >= 0.3 is 11.9 Å². The second kappa shape index (κ2) is 16.6. The number of carboxylic acid groups (broad SMARTS) is 1. The predicted molar refractivity (Wildman–Crippen MR) is 136 cm³/mol. The van der Waals surface area contributed by atoms with Crippen LogP contribution >= 0.6 is 12.6 Å². The molecule has 20 heteroatoms. The maximum Gasteiger partial charge on any atom is 0.327 e. The third kappa shape index (κ3) is 9.39. The molecule has 0 radical (unpaired) electrons. The summed E-state index contributed by atoms with van der Waals surface area (Å²) in [6.45, 7) is -2.42. The van der Waals surface area contributed by atoms with E-state index in [4.69, 9.17) is 29.8 Å². The second-order valence-corrected chi connectivity index (χ2v) is 9.86. The maximum atomic E-state index is 12.4. The molecular weight excluding hydrogens is 594 g/mol. The minimum absolute atomic E-state index is 0.187. The van der Waals surface area contributed by atoms with Gasteiger partial charge in [0.15, 0.2) is 6.29 Å². The number of hydrogen-bond donors (Lipinski definition) is 12. The molecule has 0 bridgehead atoms. The summed E-state index contributed by atoms with van der Waals surface area (Å²) in [7, 11) is 0. The lowest BCUT2D eigenvalue weighted by atomic mass is 9.97. The van der Waals surface area contributed by atoms with Crippen LogP contribution in [0.25, 0.3) is 0 Å². The van der Waals surface area contributed by atoms with Crippen molar-refractivity contribution in [1.29, 1.82) is 0 Å². The Morgan fingerprint density at radius 1 is 0.881 bits per heavy atom. The van der Waals surface area contributed by atoms with Gasteiger partial charge < -0.3 is 76.2 Å². The quantitative estimate of drug-likeness (QED) is 0.0625. The summed E-state index contributed by atoms with van der Waals surface area (Å²) in [5, 5.41) is 83.3. The second-order valence-electron chi connectivity index (χ2n) is 9.50. The fraction of sp³-hybridized carbons (Fsp3) is 0.818. The van der Waals surface area contributed by atoms with Crippen LogP contribution in [0.15, 0.2) is 0 Å². The van der Waals surface area contributed by atoms with Gasteiger partial charge in [0.1, 0.15) is 67.5 Å². The van der Waals surface area contributed by atoms with Crippen molar-refractivity contribution in [3.8, 4) is 0 Å². The summed E-state index contributed by atoms with van der Waals surface area (Å²) in [5.41, 5.74) is 5.33. The number of rotatable bonds is 14. The first-order valence-corrected chi connectivity index (χ1v) is 13.3. The topological polar surface area (TPSA) is 317 Å². The van der Waals surface area contributed by atoms with E-state index in [0.29, 0.717) is 0 Å². The molecule has 0 spiro atoms. The number of carbonyl (C=O) groups excluding carboxylic acids is 3. The number of aliphatic hydroxyl groups excluding tert-OH is 7. The Kier molecular flexibility index (Phi) is 14.2. The SMILES string of the molecule is N[C@@H](CCC(=O)N[C@@H](CS)C(=O)NCC(=O)O[C@@H]1O[C@H](CO)[C@@H](O[C@@H]2O[C@H](CO)[C@H](O)[C@H](O)[C@H]2O)[C@H](O)[C@H]1O)C(=O)O. The molecule has 0 aromatic heterocycles. The number of ether oxygens (including phenoxy) is 4. The average Bonchev–Trinajstić information content (AvgIpc) is 2.96. The number of nitrogens with one attached hydrogen (secondary N) is 2. The number of aliphatic carboxylic acids is 1. The van der Waals surface area contributed by atoms with Crippen LogP contribution in [0.3, 0.4) is 0 Å². The summed E-state index contributed by atoms with van der Waals surface area (Å²) in [4.78, 5) is 47.4. The van der Waals surface area contributed by atoms with Gasteiger partial charge in [0.25, 0.3) is 0 Å². The molecule has 12 atom stereocenters. The van der Waals surface area contributed by atoms with Gasteiger partial charge in [0, 0.05) is 12.2 Å². The summed E-state index contributed by atoms with van der Waals surface area (Å²) in [6.07, 6.45) is -17.8. The lowest BCUT2D eigenvalue weighted by Crippen LogP contribution is -2.65. The Morgan fingerprint density at radius 3 is 2.05 bits per heavy atom. The van der Waals surface area contributed by atoms with Gasteiger partial charge in [0.2, 0.25) is 18.1 Å². The smallest absolute Gasteiger partial charge is 0.327 e. The van der Waals surface area contributed by atoms with Gasteiger partial charge in [-0.2, -0.15) is 12.6 Å². The van der Waals surface area contributed by atoms with Gasteiger partial charge in [-0.1, -0.05) is 0 Å². The highest BCUT2D eigenvalue weighted by atomic mass is 32.1. The Bertz CT molecular complexity index is 928. The van der Waals surface area contributed by atoms with Crippen LogP contribution in [-0.2, 0) is 38.1 Å². The molecule has 0 aliphatic carbocycles. The summed E-state index contributed by atoms with van der Waals surface area (Å²) >= 11 is 3.95. The van der Waals surface area contributed by atoms with Gasteiger partial charge in [-0.05, 0) is 6.42 Å². The number of carbonyl (C=O) groups is 4. The summed E-state index contributed by atoms with van der Waals surface area (Å²) < 4.78 is 20.9. The summed E-state index contributed by atoms with van der Waals surface area (Å²) in [5.74, 6) is -4.20. The van der Waals surface area contributed by atoms with Crippen LogP contribution in [0.5, 0.6) is 0 Å². The van der Waals surface area contributed by atoms with Crippen molar-refractivity contribution in [1.82, 2.24) is 10.6 Å². The number of esters is 1. The minimum Gasteiger partial charge on any atom is -0.480 e. The van der Waals surface area contributed by atoms with Crippen LogP contribution in [0.1, 0.15) is 12.8 Å². The summed E-state index contributed by atoms with van der Waals surface area (Å²) in [6, 6.07) is -2.49. The molecule has 19 nitrogen and oxygen atoms in total.